The fourth-order valence-corrected chi connectivity index (χ4v) is 2.14. The van der Waals surface area contributed by atoms with Gasteiger partial charge in [-0.3, -0.25) is 4.79 Å². The molecule has 0 aromatic heterocycles. The highest BCUT2D eigenvalue weighted by Crippen LogP contribution is 2.29. The lowest BCUT2D eigenvalue weighted by Gasteiger charge is -2.30. The van der Waals surface area contributed by atoms with E-state index in [1.807, 2.05) is 50.2 Å². The number of likely N-dealkylation sites (N-methyl/N-ethyl adjacent to an activating group) is 1. The van der Waals surface area contributed by atoms with Crippen LogP contribution in [0.5, 0.6) is 5.75 Å². The smallest absolute Gasteiger partial charge is 0.166 e. The maximum absolute atomic E-state index is 12.2. The molecule has 1 aromatic carbocycles. The van der Waals surface area contributed by atoms with Crippen molar-refractivity contribution in [3.8, 4) is 5.75 Å². The molecule has 0 spiro atoms. The first-order valence-electron chi connectivity index (χ1n) is 5.90. The highest BCUT2D eigenvalue weighted by molar-refractivity contribution is 5.98. The summed E-state index contributed by atoms with van der Waals surface area (Å²) in [7, 11) is 5.53. The van der Waals surface area contributed by atoms with Gasteiger partial charge in [-0.1, -0.05) is 18.7 Å². The topological polar surface area (TPSA) is 29.5 Å². The lowest BCUT2D eigenvalue weighted by Crippen LogP contribution is -2.41. The van der Waals surface area contributed by atoms with Crippen molar-refractivity contribution in [2.45, 2.75) is 12.3 Å². The number of rotatable bonds is 6. The Hall–Kier alpha value is -1.61. The Morgan fingerprint density at radius 3 is 2.67 bits per heavy atom. The van der Waals surface area contributed by atoms with Gasteiger partial charge in [0.2, 0.25) is 0 Å². The van der Waals surface area contributed by atoms with E-state index in [1.54, 1.807) is 7.11 Å². The quantitative estimate of drug-likeness (QED) is 0.722. The predicted molar refractivity (Wildman–Crippen MR) is 74.1 cm³/mol. The molecule has 98 valence electrons. The molecule has 0 amide bonds. The van der Waals surface area contributed by atoms with Crippen LogP contribution in [0.25, 0.3) is 0 Å². The molecule has 3 nitrogen and oxygen atoms in total. The molecule has 0 N–H and O–H groups in total. The number of hydrogen-bond acceptors (Lipinski definition) is 3. The minimum Gasteiger partial charge on any atom is -0.497 e. The van der Waals surface area contributed by atoms with Crippen LogP contribution in [0.1, 0.15) is 12.5 Å². The number of allylic oxidation sites excluding steroid dienone is 1. The van der Waals surface area contributed by atoms with Crippen LogP contribution in [-0.2, 0) is 10.2 Å². The van der Waals surface area contributed by atoms with Crippen LogP contribution < -0.4 is 4.74 Å². The third kappa shape index (κ3) is 2.99. The number of hydrogen-bond donors (Lipinski definition) is 0. The van der Waals surface area contributed by atoms with Crippen molar-refractivity contribution in [2.24, 2.45) is 0 Å². The summed E-state index contributed by atoms with van der Waals surface area (Å²) in [6.07, 6.45) is 1.39. The second-order valence-corrected chi connectivity index (χ2v) is 4.87. The third-order valence-electron chi connectivity index (χ3n) is 3.07. The Balaban J connectivity index is 3.24. The van der Waals surface area contributed by atoms with Gasteiger partial charge in [-0.15, -0.1) is 0 Å². The fourth-order valence-electron chi connectivity index (χ4n) is 2.14. The molecule has 1 aromatic rings. The predicted octanol–water partition coefficient (Wildman–Crippen LogP) is 2.27. The number of benzene rings is 1. The van der Waals surface area contributed by atoms with Gasteiger partial charge in [0.1, 0.15) is 5.75 Å². The van der Waals surface area contributed by atoms with Crippen LogP contribution in [0.2, 0.25) is 0 Å². The first-order chi connectivity index (χ1) is 8.43. The molecule has 0 aliphatic rings. The van der Waals surface area contributed by atoms with Gasteiger partial charge in [0.15, 0.2) is 5.78 Å². The van der Waals surface area contributed by atoms with E-state index in [0.717, 1.165) is 11.3 Å². The maximum Gasteiger partial charge on any atom is 0.166 e. The SMILES string of the molecule is C=CC(=O)C(C)(CN(C)C)c1cccc(OC)c1. The molecule has 3 heteroatoms. The number of methoxy groups -OCH3 is 1. The van der Waals surface area contributed by atoms with Crippen LogP contribution in [0.3, 0.4) is 0 Å². The molecule has 1 unspecified atom stereocenters. The first-order valence-corrected chi connectivity index (χ1v) is 5.90. The highest BCUT2D eigenvalue weighted by atomic mass is 16.5. The van der Waals surface area contributed by atoms with Crippen LogP contribution in [0.15, 0.2) is 36.9 Å². The van der Waals surface area contributed by atoms with Crippen LogP contribution in [0, 0.1) is 0 Å². The summed E-state index contributed by atoms with van der Waals surface area (Å²) in [4.78, 5) is 14.2. The molecule has 1 atom stereocenters. The van der Waals surface area contributed by atoms with Gasteiger partial charge in [0, 0.05) is 6.54 Å². The lowest BCUT2D eigenvalue weighted by molar-refractivity contribution is -0.119. The molecule has 0 aliphatic heterocycles. The molecule has 0 fully saturated rings. The molecular formula is C15H21NO2. The zero-order valence-electron chi connectivity index (χ0n) is 11.6. The van der Waals surface area contributed by atoms with Gasteiger partial charge in [0.05, 0.1) is 12.5 Å². The zero-order chi connectivity index (χ0) is 13.8. The van der Waals surface area contributed by atoms with Crippen molar-refractivity contribution in [3.63, 3.8) is 0 Å². The molecule has 18 heavy (non-hydrogen) atoms. The van der Waals surface area contributed by atoms with Crippen molar-refractivity contribution >= 4 is 5.78 Å². The van der Waals surface area contributed by atoms with E-state index in [2.05, 4.69) is 6.58 Å². The van der Waals surface area contributed by atoms with Gasteiger partial charge in [0.25, 0.3) is 0 Å². The second-order valence-electron chi connectivity index (χ2n) is 4.87. The van der Waals surface area contributed by atoms with Crippen molar-refractivity contribution < 1.29 is 9.53 Å². The molecule has 0 radical (unpaired) electrons. The number of ether oxygens (including phenoxy) is 1. The Morgan fingerprint density at radius 2 is 2.17 bits per heavy atom. The molecule has 0 saturated heterocycles. The van der Waals surface area contributed by atoms with Crippen molar-refractivity contribution in [3.05, 3.63) is 42.5 Å². The average Bonchev–Trinajstić information content (AvgIpc) is 2.36. The van der Waals surface area contributed by atoms with Crippen LogP contribution in [-0.4, -0.2) is 38.4 Å². The summed E-state index contributed by atoms with van der Waals surface area (Å²) in [6.45, 7) is 6.17. The number of carbonyl (C=O) groups excluding carboxylic acids is 1. The molecular weight excluding hydrogens is 226 g/mol. The third-order valence-corrected chi connectivity index (χ3v) is 3.07. The van der Waals surface area contributed by atoms with Crippen molar-refractivity contribution in [1.29, 1.82) is 0 Å². The Kier molecular flexibility index (Phi) is 4.68. The zero-order valence-corrected chi connectivity index (χ0v) is 11.6. The van der Waals surface area contributed by atoms with E-state index in [-0.39, 0.29) is 5.78 Å². The first kappa shape index (κ1) is 14.5. The maximum atomic E-state index is 12.2. The van der Waals surface area contributed by atoms with Crippen LogP contribution >= 0.6 is 0 Å². The summed E-state index contributed by atoms with van der Waals surface area (Å²) in [5.74, 6) is 0.777. The molecule has 0 aliphatic carbocycles. The van der Waals surface area contributed by atoms with Crippen molar-refractivity contribution in [2.75, 3.05) is 27.7 Å². The monoisotopic (exact) mass is 247 g/mol. The van der Waals surface area contributed by atoms with Crippen LogP contribution in [0.4, 0.5) is 0 Å². The highest BCUT2D eigenvalue weighted by Gasteiger charge is 2.33. The standard InChI is InChI=1S/C15H21NO2/c1-6-14(17)15(2,11-16(3)4)12-8-7-9-13(10-12)18-5/h6-10H,1,11H2,2-5H3. The van der Waals surface area contributed by atoms with Gasteiger partial charge < -0.3 is 9.64 Å². The number of carbonyl (C=O) groups is 1. The summed E-state index contributed by atoms with van der Waals surface area (Å²) in [6, 6.07) is 7.63. The lowest BCUT2D eigenvalue weighted by atomic mass is 9.78. The van der Waals surface area contributed by atoms with E-state index in [0.29, 0.717) is 6.54 Å². The minimum absolute atomic E-state index is 0.0180. The van der Waals surface area contributed by atoms with Gasteiger partial charge in [-0.2, -0.15) is 0 Å². The second kappa shape index (κ2) is 5.83. The number of ketones is 1. The number of nitrogens with zero attached hydrogens (tertiary/aromatic N) is 1. The van der Waals surface area contributed by atoms with E-state index in [1.165, 1.54) is 6.08 Å². The van der Waals surface area contributed by atoms with Gasteiger partial charge in [-0.05, 0) is 44.8 Å². The Bertz CT molecular complexity index is 440. The largest absolute Gasteiger partial charge is 0.497 e. The van der Waals surface area contributed by atoms with E-state index < -0.39 is 5.41 Å². The summed E-state index contributed by atoms with van der Waals surface area (Å²) in [5, 5.41) is 0. The minimum atomic E-state index is -0.597. The normalized spacial score (nSPS) is 14.1. The fraction of sp³-hybridized carbons (Fsp3) is 0.400. The summed E-state index contributed by atoms with van der Waals surface area (Å²) >= 11 is 0. The van der Waals surface area contributed by atoms with Crippen molar-refractivity contribution in [1.82, 2.24) is 4.90 Å². The van der Waals surface area contributed by atoms with Gasteiger partial charge >= 0.3 is 0 Å². The van der Waals surface area contributed by atoms with E-state index in [4.69, 9.17) is 4.74 Å². The molecule has 0 heterocycles. The van der Waals surface area contributed by atoms with Gasteiger partial charge in [-0.25, -0.2) is 0 Å². The Labute approximate surface area is 109 Å². The summed E-state index contributed by atoms with van der Waals surface area (Å²) < 4.78 is 5.22. The molecule has 0 saturated carbocycles. The van der Waals surface area contributed by atoms with E-state index >= 15 is 0 Å². The average molecular weight is 247 g/mol. The molecule has 0 bridgehead atoms. The van der Waals surface area contributed by atoms with E-state index in [9.17, 15) is 4.79 Å². The summed E-state index contributed by atoms with van der Waals surface area (Å²) in [5.41, 5.74) is 0.347. The molecule has 1 rings (SSSR count). The Morgan fingerprint density at radius 1 is 1.50 bits per heavy atom.